The van der Waals surface area contributed by atoms with Gasteiger partial charge in [0.2, 0.25) is 0 Å². The maximum Gasteiger partial charge on any atom is 0.358 e. The predicted molar refractivity (Wildman–Crippen MR) is 62.8 cm³/mol. The lowest BCUT2D eigenvalue weighted by molar-refractivity contribution is 0.0519. The lowest BCUT2D eigenvalue weighted by Gasteiger charge is -2.11. The molecule has 94 valence electrons. The van der Waals surface area contributed by atoms with Gasteiger partial charge in [0.25, 0.3) is 6.43 Å². The summed E-state index contributed by atoms with van der Waals surface area (Å²) in [5, 5.41) is -0.168. The summed E-state index contributed by atoms with van der Waals surface area (Å²) in [4.78, 5) is 15.2. The molecule has 1 heterocycles. The summed E-state index contributed by atoms with van der Waals surface area (Å²) in [7, 11) is 0. The molecule has 0 atom stereocenters. The van der Waals surface area contributed by atoms with Crippen LogP contribution in [0, 0.1) is 0 Å². The van der Waals surface area contributed by atoms with Gasteiger partial charge in [0.05, 0.1) is 11.6 Å². The molecule has 0 fully saturated rings. The highest BCUT2D eigenvalue weighted by Gasteiger charge is 2.24. The van der Waals surface area contributed by atoms with Gasteiger partial charge in [-0.25, -0.2) is 18.6 Å². The number of halogens is 4. The van der Waals surface area contributed by atoms with E-state index in [1.807, 2.05) is 0 Å². The molecular weight excluding hydrogens is 319 g/mol. The Morgan fingerprint density at radius 2 is 2.29 bits per heavy atom. The third-order valence-corrected chi connectivity index (χ3v) is 2.96. The van der Waals surface area contributed by atoms with Gasteiger partial charge < -0.3 is 4.74 Å². The number of esters is 1. The molecule has 0 saturated heterocycles. The van der Waals surface area contributed by atoms with Gasteiger partial charge in [-0.2, -0.15) is 0 Å². The second-order valence-corrected chi connectivity index (χ2v) is 3.95. The van der Waals surface area contributed by atoms with Gasteiger partial charge in [0.15, 0.2) is 5.69 Å². The van der Waals surface area contributed by atoms with Crippen molar-refractivity contribution in [2.24, 2.45) is 0 Å². The van der Waals surface area contributed by atoms with Crippen LogP contribution >= 0.6 is 27.5 Å². The maximum atomic E-state index is 12.8. The first-order valence-corrected chi connectivity index (χ1v) is 6.21. The Labute approximate surface area is 110 Å². The molecule has 0 aliphatic carbocycles. The summed E-state index contributed by atoms with van der Waals surface area (Å²) >= 11 is 8.81. The third-order valence-electron chi connectivity index (χ3n) is 1.97. The van der Waals surface area contributed by atoms with Crippen LogP contribution in [0.2, 0.25) is 5.02 Å². The average Bonchev–Trinajstić information content (AvgIpc) is 2.27. The highest BCUT2D eigenvalue weighted by molar-refractivity contribution is 9.08. The fourth-order valence-corrected chi connectivity index (χ4v) is 2.00. The molecule has 7 heteroatoms. The van der Waals surface area contributed by atoms with Crippen molar-refractivity contribution in [2.75, 3.05) is 6.61 Å². The van der Waals surface area contributed by atoms with Crippen LogP contribution in [0.15, 0.2) is 6.20 Å². The van der Waals surface area contributed by atoms with Crippen LogP contribution in [0.4, 0.5) is 8.78 Å². The zero-order valence-corrected chi connectivity index (χ0v) is 11.2. The van der Waals surface area contributed by atoms with Crippen LogP contribution < -0.4 is 0 Å². The zero-order chi connectivity index (χ0) is 13.0. The number of nitrogens with zero attached hydrogens (tertiary/aromatic N) is 1. The van der Waals surface area contributed by atoms with E-state index in [4.69, 9.17) is 11.6 Å². The Hall–Kier alpha value is -0.750. The van der Waals surface area contributed by atoms with E-state index in [0.717, 1.165) is 0 Å². The molecule has 0 radical (unpaired) electrons. The van der Waals surface area contributed by atoms with Crippen molar-refractivity contribution in [2.45, 2.75) is 18.7 Å². The molecule has 0 amide bonds. The molecule has 1 aromatic rings. The lowest BCUT2D eigenvalue weighted by Crippen LogP contribution is -2.10. The molecule has 1 aromatic heterocycles. The van der Waals surface area contributed by atoms with Crippen molar-refractivity contribution >= 4 is 33.5 Å². The van der Waals surface area contributed by atoms with E-state index in [9.17, 15) is 13.6 Å². The minimum atomic E-state index is -2.77. The number of hydrogen-bond donors (Lipinski definition) is 0. The first-order valence-electron chi connectivity index (χ1n) is 4.71. The fraction of sp³-hybridized carbons (Fsp3) is 0.400. The topological polar surface area (TPSA) is 39.2 Å². The molecule has 1 rings (SSSR count). The SMILES string of the molecule is CCOC(=O)c1ncc(CBr)c(C(F)F)c1Cl. The molecule has 3 nitrogen and oxygen atoms in total. The standard InChI is InChI=1S/C10H9BrClF2NO2/c1-2-17-10(16)8-7(12)6(9(13)14)5(3-11)4-15-8/h4,9H,2-3H2,1H3. The number of ether oxygens (including phenoxy) is 1. The smallest absolute Gasteiger partial charge is 0.358 e. The van der Waals surface area contributed by atoms with E-state index in [1.165, 1.54) is 6.20 Å². The summed E-state index contributed by atoms with van der Waals surface area (Å²) in [6.45, 7) is 1.73. The Bertz CT molecular complexity index is 429. The van der Waals surface area contributed by atoms with Crippen LogP contribution in [0.5, 0.6) is 0 Å². The summed E-state index contributed by atoms with van der Waals surface area (Å²) in [5.41, 5.74) is -0.423. The highest BCUT2D eigenvalue weighted by atomic mass is 79.9. The molecule has 0 bridgehead atoms. The van der Waals surface area contributed by atoms with Gasteiger partial charge in [-0.1, -0.05) is 27.5 Å². The van der Waals surface area contributed by atoms with Crippen molar-refractivity contribution < 1.29 is 18.3 Å². The molecule has 0 unspecified atom stereocenters. The van der Waals surface area contributed by atoms with Crippen LogP contribution in [0.25, 0.3) is 0 Å². The first kappa shape index (κ1) is 14.3. The largest absolute Gasteiger partial charge is 0.461 e. The van der Waals surface area contributed by atoms with Crippen molar-refractivity contribution in [1.82, 2.24) is 4.98 Å². The summed E-state index contributed by atoms with van der Waals surface area (Å²) in [5.74, 6) is -0.805. The molecule has 0 N–H and O–H groups in total. The average molecular weight is 329 g/mol. The van der Waals surface area contributed by atoms with Crippen LogP contribution in [0.3, 0.4) is 0 Å². The molecule has 0 aliphatic heterocycles. The van der Waals surface area contributed by atoms with E-state index in [2.05, 4.69) is 25.7 Å². The number of alkyl halides is 3. The Kier molecular flexibility index (Phi) is 5.27. The van der Waals surface area contributed by atoms with Crippen LogP contribution in [0.1, 0.15) is 35.0 Å². The van der Waals surface area contributed by atoms with E-state index in [-0.39, 0.29) is 33.8 Å². The van der Waals surface area contributed by atoms with Gasteiger partial charge in [-0.05, 0) is 12.5 Å². The molecule has 0 aliphatic rings. The Morgan fingerprint density at radius 1 is 1.65 bits per heavy atom. The minimum Gasteiger partial charge on any atom is -0.461 e. The van der Waals surface area contributed by atoms with Gasteiger partial charge in [0.1, 0.15) is 0 Å². The predicted octanol–water partition coefficient (Wildman–Crippen LogP) is 3.74. The number of carbonyl (C=O) groups is 1. The van der Waals surface area contributed by atoms with Crippen molar-refractivity contribution in [1.29, 1.82) is 0 Å². The monoisotopic (exact) mass is 327 g/mol. The van der Waals surface area contributed by atoms with Gasteiger partial charge in [-0.15, -0.1) is 0 Å². The summed E-state index contributed by atoms with van der Waals surface area (Å²) in [6, 6.07) is 0. The van der Waals surface area contributed by atoms with Gasteiger partial charge >= 0.3 is 5.97 Å². The Morgan fingerprint density at radius 3 is 2.76 bits per heavy atom. The van der Waals surface area contributed by atoms with E-state index >= 15 is 0 Å². The normalized spacial score (nSPS) is 10.7. The third kappa shape index (κ3) is 3.13. The van der Waals surface area contributed by atoms with Crippen LogP contribution in [-0.4, -0.2) is 17.6 Å². The van der Waals surface area contributed by atoms with Crippen molar-refractivity contribution in [3.63, 3.8) is 0 Å². The molecule has 0 saturated carbocycles. The molecular formula is C10H9BrClF2NO2. The number of rotatable bonds is 4. The van der Waals surface area contributed by atoms with Gasteiger partial charge in [0, 0.05) is 17.1 Å². The maximum absolute atomic E-state index is 12.8. The first-order chi connectivity index (χ1) is 8.02. The lowest BCUT2D eigenvalue weighted by atomic mass is 10.1. The molecule has 0 aromatic carbocycles. The Balaban J connectivity index is 3.27. The van der Waals surface area contributed by atoms with E-state index in [1.54, 1.807) is 6.92 Å². The fourth-order valence-electron chi connectivity index (χ4n) is 1.22. The highest BCUT2D eigenvalue weighted by Crippen LogP contribution is 2.33. The molecule has 17 heavy (non-hydrogen) atoms. The minimum absolute atomic E-state index is 0.126. The summed E-state index contributed by atoms with van der Waals surface area (Å²) in [6.07, 6.45) is -1.58. The number of hydrogen-bond acceptors (Lipinski definition) is 3. The molecule has 0 spiro atoms. The number of aromatic nitrogens is 1. The van der Waals surface area contributed by atoms with Crippen molar-refractivity contribution in [3.05, 3.63) is 28.0 Å². The quantitative estimate of drug-likeness (QED) is 0.624. The van der Waals surface area contributed by atoms with Crippen LogP contribution in [-0.2, 0) is 10.1 Å². The van der Waals surface area contributed by atoms with Crippen molar-refractivity contribution in [3.8, 4) is 0 Å². The van der Waals surface area contributed by atoms with E-state index in [0.29, 0.717) is 0 Å². The second kappa shape index (κ2) is 6.26. The number of carbonyl (C=O) groups excluding carboxylic acids is 1. The van der Waals surface area contributed by atoms with Gasteiger partial charge in [-0.3, -0.25) is 0 Å². The van der Waals surface area contributed by atoms with E-state index < -0.39 is 12.4 Å². The zero-order valence-electron chi connectivity index (χ0n) is 8.84. The summed E-state index contributed by atoms with van der Waals surface area (Å²) < 4.78 is 30.3. The second-order valence-electron chi connectivity index (χ2n) is 3.01. The number of pyridine rings is 1.